The van der Waals surface area contributed by atoms with E-state index in [0.717, 1.165) is 6.07 Å². The number of alkyl halides is 1. The van der Waals surface area contributed by atoms with E-state index in [-0.39, 0.29) is 15.6 Å². The van der Waals surface area contributed by atoms with Crippen LogP contribution >= 0.6 is 23.4 Å². The van der Waals surface area contributed by atoms with Crippen LogP contribution in [-0.4, -0.2) is 20.6 Å². The number of halogens is 3. The van der Waals surface area contributed by atoms with Gasteiger partial charge in [-0.15, -0.1) is 11.6 Å². The van der Waals surface area contributed by atoms with Gasteiger partial charge in [0.05, 0.1) is 10.9 Å². The van der Waals surface area contributed by atoms with Gasteiger partial charge in [0, 0.05) is 17.4 Å². The van der Waals surface area contributed by atoms with E-state index < -0.39 is 11.6 Å². The van der Waals surface area contributed by atoms with E-state index in [4.69, 9.17) is 11.6 Å². The first-order valence-corrected chi connectivity index (χ1v) is 7.95. The van der Waals surface area contributed by atoms with Crippen molar-refractivity contribution >= 4 is 34.4 Å². The third-order valence-electron chi connectivity index (χ3n) is 3.25. The number of rotatable bonds is 4. The molecule has 0 radical (unpaired) electrons. The molecule has 1 atom stereocenters. The summed E-state index contributed by atoms with van der Waals surface area (Å²) < 4.78 is 29.1. The van der Waals surface area contributed by atoms with Gasteiger partial charge in [-0.05, 0) is 33.1 Å². The van der Waals surface area contributed by atoms with Crippen molar-refractivity contribution in [1.82, 2.24) is 9.55 Å². The van der Waals surface area contributed by atoms with Crippen molar-refractivity contribution in [2.75, 3.05) is 6.26 Å². The molecule has 0 amide bonds. The maximum Gasteiger partial charge on any atom is 0.153 e. The Morgan fingerprint density at radius 2 is 2.05 bits per heavy atom. The molecule has 1 aromatic heterocycles. The van der Waals surface area contributed by atoms with Crippen molar-refractivity contribution in [3.63, 3.8) is 0 Å². The van der Waals surface area contributed by atoms with Gasteiger partial charge in [0.1, 0.15) is 17.2 Å². The number of imidazole rings is 1. The fourth-order valence-corrected chi connectivity index (χ4v) is 2.51. The topological polar surface area (TPSA) is 17.8 Å². The normalized spacial score (nSPS) is 13.9. The number of thioether (sulfide) groups is 1. The lowest BCUT2D eigenvalue weighted by Crippen LogP contribution is -2.24. The maximum atomic E-state index is 13.9. The van der Waals surface area contributed by atoms with Crippen LogP contribution in [-0.2, 0) is 6.54 Å². The molecule has 0 saturated heterocycles. The van der Waals surface area contributed by atoms with Crippen LogP contribution in [0.15, 0.2) is 12.1 Å². The predicted octanol–water partition coefficient (Wildman–Crippen LogP) is 4.76. The van der Waals surface area contributed by atoms with E-state index in [1.807, 2.05) is 10.8 Å². The molecule has 110 valence electrons. The first-order chi connectivity index (χ1) is 9.25. The van der Waals surface area contributed by atoms with Crippen LogP contribution in [0.5, 0.6) is 0 Å². The summed E-state index contributed by atoms with van der Waals surface area (Å²) >= 11 is 7.82. The Morgan fingerprint density at radius 1 is 1.40 bits per heavy atom. The van der Waals surface area contributed by atoms with Crippen LogP contribution in [0, 0.1) is 11.6 Å². The minimum Gasteiger partial charge on any atom is -0.325 e. The van der Waals surface area contributed by atoms with Crippen molar-refractivity contribution in [2.45, 2.75) is 37.4 Å². The van der Waals surface area contributed by atoms with Crippen LogP contribution in [0.3, 0.4) is 0 Å². The Kier molecular flexibility index (Phi) is 4.30. The average Bonchev–Trinajstić information content (AvgIpc) is 2.68. The number of aromatic nitrogens is 2. The Labute approximate surface area is 126 Å². The zero-order chi connectivity index (χ0) is 15.1. The SMILES string of the molecule is CSC(C)(C)Cn1c(C(C)Cl)nc2c(F)cc(F)cc21. The summed E-state index contributed by atoms with van der Waals surface area (Å²) in [5.41, 5.74) is 0.623. The van der Waals surface area contributed by atoms with Gasteiger partial charge in [-0.25, -0.2) is 13.8 Å². The van der Waals surface area contributed by atoms with Gasteiger partial charge in [-0.3, -0.25) is 0 Å². The zero-order valence-electron chi connectivity index (χ0n) is 11.9. The lowest BCUT2D eigenvalue weighted by Gasteiger charge is -2.24. The molecule has 0 fully saturated rings. The smallest absolute Gasteiger partial charge is 0.153 e. The van der Waals surface area contributed by atoms with E-state index in [0.29, 0.717) is 17.9 Å². The molecular formula is C14H17ClF2N2S. The molecule has 20 heavy (non-hydrogen) atoms. The molecule has 6 heteroatoms. The second-order valence-corrected chi connectivity index (χ2v) is 7.56. The summed E-state index contributed by atoms with van der Waals surface area (Å²) in [6.45, 7) is 6.50. The summed E-state index contributed by atoms with van der Waals surface area (Å²) in [6, 6.07) is 2.16. The summed E-state index contributed by atoms with van der Waals surface area (Å²) in [7, 11) is 0. The number of benzene rings is 1. The fraction of sp³-hybridized carbons (Fsp3) is 0.500. The van der Waals surface area contributed by atoms with Gasteiger partial charge in [0.2, 0.25) is 0 Å². The highest BCUT2D eigenvalue weighted by Gasteiger charge is 2.24. The molecule has 2 nitrogen and oxygen atoms in total. The van der Waals surface area contributed by atoms with E-state index in [9.17, 15) is 8.78 Å². The summed E-state index contributed by atoms with van der Waals surface area (Å²) in [6.07, 6.45) is 2.00. The van der Waals surface area contributed by atoms with Gasteiger partial charge in [-0.1, -0.05) is 0 Å². The van der Waals surface area contributed by atoms with Gasteiger partial charge in [0.15, 0.2) is 5.82 Å². The molecule has 0 N–H and O–H groups in total. The lowest BCUT2D eigenvalue weighted by atomic mass is 10.2. The van der Waals surface area contributed by atoms with Crippen molar-refractivity contribution in [3.8, 4) is 0 Å². The molecule has 0 bridgehead atoms. The van der Waals surface area contributed by atoms with E-state index >= 15 is 0 Å². The van der Waals surface area contributed by atoms with Crippen LogP contribution in [0.4, 0.5) is 8.78 Å². The largest absolute Gasteiger partial charge is 0.325 e. The first-order valence-electron chi connectivity index (χ1n) is 6.29. The first kappa shape index (κ1) is 15.6. The third kappa shape index (κ3) is 2.93. The lowest BCUT2D eigenvalue weighted by molar-refractivity contribution is 0.556. The van der Waals surface area contributed by atoms with E-state index in [2.05, 4.69) is 18.8 Å². The van der Waals surface area contributed by atoms with Gasteiger partial charge in [-0.2, -0.15) is 11.8 Å². The minimum absolute atomic E-state index is 0.0864. The number of nitrogens with zero attached hydrogens (tertiary/aromatic N) is 2. The Hall–Kier alpha value is -0.810. The quantitative estimate of drug-likeness (QED) is 0.757. The van der Waals surface area contributed by atoms with Crippen LogP contribution in [0.1, 0.15) is 32.0 Å². The zero-order valence-corrected chi connectivity index (χ0v) is 13.4. The number of fused-ring (bicyclic) bond motifs is 1. The van der Waals surface area contributed by atoms with Crippen LogP contribution in [0.2, 0.25) is 0 Å². The van der Waals surface area contributed by atoms with Crippen LogP contribution < -0.4 is 0 Å². The summed E-state index contributed by atoms with van der Waals surface area (Å²) in [5.74, 6) is -0.695. The Bertz CT molecular complexity index is 638. The minimum atomic E-state index is -0.653. The Balaban J connectivity index is 2.68. The van der Waals surface area contributed by atoms with Crippen molar-refractivity contribution in [1.29, 1.82) is 0 Å². The molecule has 2 rings (SSSR count). The molecule has 2 aromatic rings. The standard InChI is InChI=1S/C14H17ClF2N2S/c1-8(15)13-18-12-10(17)5-9(16)6-11(12)19(13)7-14(2,3)20-4/h5-6,8H,7H2,1-4H3. The fourth-order valence-electron chi connectivity index (χ4n) is 2.08. The van der Waals surface area contributed by atoms with E-state index in [1.54, 1.807) is 18.7 Å². The molecule has 1 aromatic carbocycles. The molecule has 0 aliphatic carbocycles. The molecular weight excluding hydrogens is 302 g/mol. The number of hydrogen-bond acceptors (Lipinski definition) is 2. The maximum absolute atomic E-state index is 13.9. The molecule has 1 unspecified atom stereocenters. The molecule has 0 aliphatic rings. The second kappa shape index (κ2) is 5.53. The molecule has 0 aliphatic heterocycles. The van der Waals surface area contributed by atoms with Crippen molar-refractivity contribution in [2.24, 2.45) is 0 Å². The summed E-state index contributed by atoms with van der Waals surface area (Å²) in [4.78, 5) is 4.25. The Morgan fingerprint density at radius 3 is 2.60 bits per heavy atom. The van der Waals surface area contributed by atoms with Gasteiger partial charge < -0.3 is 4.57 Å². The van der Waals surface area contributed by atoms with Gasteiger partial charge >= 0.3 is 0 Å². The highest BCUT2D eigenvalue weighted by atomic mass is 35.5. The number of hydrogen-bond donors (Lipinski definition) is 0. The average molecular weight is 319 g/mol. The third-order valence-corrected chi connectivity index (χ3v) is 4.68. The van der Waals surface area contributed by atoms with Crippen molar-refractivity contribution < 1.29 is 8.78 Å². The summed E-state index contributed by atoms with van der Waals surface area (Å²) in [5, 5.41) is -0.373. The highest BCUT2D eigenvalue weighted by Crippen LogP contribution is 2.31. The van der Waals surface area contributed by atoms with Crippen LogP contribution in [0.25, 0.3) is 11.0 Å². The van der Waals surface area contributed by atoms with Crippen molar-refractivity contribution in [3.05, 3.63) is 29.6 Å². The molecule has 0 saturated carbocycles. The molecule has 1 heterocycles. The molecule has 0 spiro atoms. The predicted molar refractivity (Wildman–Crippen MR) is 81.5 cm³/mol. The highest BCUT2D eigenvalue weighted by molar-refractivity contribution is 7.99. The van der Waals surface area contributed by atoms with Gasteiger partial charge in [0.25, 0.3) is 0 Å². The second-order valence-electron chi connectivity index (χ2n) is 5.39. The monoisotopic (exact) mass is 318 g/mol. The van der Waals surface area contributed by atoms with E-state index in [1.165, 1.54) is 6.07 Å².